The number of benzene rings is 4. The highest BCUT2D eigenvalue weighted by molar-refractivity contribution is 7.88. The second kappa shape index (κ2) is 57.8. The predicted molar refractivity (Wildman–Crippen MR) is 518 cm³/mol. The van der Waals surface area contributed by atoms with Crippen LogP contribution in [-0.2, 0) is 134 Å². The molecule has 0 spiro atoms. The van der Waals surface area contributed by atoms with Crippen LogP contribution >= 0.6 is 0 Å². The number of hydrogen-bond acceptors (Lipinski definition) is 32. The second-order valence-corrected chi connectivity index (χ2v) is 39.7. The number of ether oxygens (including phenoxy) is 12. The van der Waals surface area contributed by atoms with Crippen LogP contribution < -0.4 is 16.2 Å². The number of H-pyrrole nitrogens is 2. The second-order valence-electron chi connectivity index (χ2n) is 38.4. The summed E-state index contributed by atoms with van der Waals surface area (Å²) < 4.78 is 229. The number of hydrogen-bond donors (Lipinski definition) is 6. The van der Waals surface area contributed by atoms with Gasteiger partial charge in [-0.2, -0.15) is 52.3 Å². The molecule has 5 heterocycles. The lowest BCUT2D eigenvalue weighted by Crippen LogP contribution is -2.54. The number of imidazole rings is 2. The number of aromatic amines is 2. The van der Waals surface area contributed by atoms with Crippen molar-refractivity contribution in [2.45, 2.75) is 317 Å². The molecule has 3 aliphatic heterocycles. The molecule has 6 N–H and O–H groups in total. The molecule has 10 rings (SSSR count). The third kappa shape index (κ3) is 40.8. The summed E-state index contributed by atoms with van der Waals surface area (Å²) in [6.45, 7) is 21.3. The van der Waals surface area contributed by atoms with Gasteiger partial charge in [-0.1, -0.05) is 84.8 Å². The van der Waals surface area contributed by atoms with Crippen molar-refractivity contribution in [2.75, 3.05) is 49.2 Å². The van der Waals surface area contributed by atoms with Gasteiger partial charge in [0.25, 0.3) is 0 Å². The predicted octanol–water partition coefficient (Wildman–Crippen LogP) is 15.2. The van der Waals surface area contributed by atoms with E-state index < -0.39 is 210 Å². The number of aliphatic carboxylic acids is 2. The number of amides is 2. The highest BCUT2D eigenvalue weighted by Crippen LogP contribution is 2.41. The van der Waals surface area contributed by atoms with Gasteiger partial charge in [0.2, 0.25) is 5.91 Å². The van der Waals surface area contributed by atoms with E-state index >= 15 is 0 Å². The zero-order valence-electron chi connectivity index (χ0n) is 86.8. The van der Waals surface area contributed by atoms with Crippen molar-refractivity contribution in [3.05, 3.63) is 96.8 Å². The van der Waals surface area contributed by atoms with Gasteiger partial charge in [-0.3, -0.25) is 43.2 Å². The molecule has 1 saturated carbocycles. The van der Waals surface area contributed by atoms with Crippen molar-refractivity contribution in [2.24, 2.45) is 23.7 Å². The van der Waals surface area contributed by atoms with Gasteiger partial charge >= 0.3 is 116 Å². The van der Waals surface area contributed by atoms with Gasteiger partial charge in [-0.25, -0.2) is 19.6 Å². The van der Waals surface area contributed by atoms with Crippen LogP contribution in [0.15, 0.2) is 85.2 Å². The minimum atomic E-state index is -6.33. The molecule has 149 heavy (non-hydrogen) atoms. The summed E-state index contributed by atoms with van der Waals surface area (Å²) in [4.78, 5) is 142. The first-order valence-corrected chi connectivity index (χ1v) is 47.8. The van der Waals surface area contributed by atoms with Crippen LogP contribution in [0.1, 0.15) is 227 Å². The molecule has 38 nitrogen and oxygen atoms in total. The number of aliphatic hydroxyl groups excluding tert-OH is 1. The highest BCUT2D eigenvalue weighted by atomic mass is 32.3. The molecule has 4 fully saturated rings. The summed E-state index contributed by atoms with van der Waals surface area (Å²) in [6, 6.07) is 23.4. The van der Waals surface area contributed by atoms with Gasteiger partial charge in [-0.15, -0.1) is 0 Å². The fraction of sp³-hybridized carbons (Fsp3) is 0.619. The molecular formula is C97H137B2F11N6O32S. The van der Waals surface area contributed by atoms with Crippen molar-refractivity contribution >= 4 is 123 Å². The molecule has 0 unspecified atom stereocenters. The lowest BCUT2D eigenvalue weighted by atomic mass is 9.78. The average Bonchev–Trinajstić information content (AvgIpc) is 1.62. The first-order chi connectivity index (χ1) is 68.3. The molecule has 2 amide bonds. The molecule has 4 aliphatic rings. The van der Waals surface area contributed by atoms with E-state index in [0.717, 1.165) is 86.9 Å². The zero-order valence-corrected chi connectivity index (χ0v) is 87.7. The first-order valence-electron chi connectivity index (χ1n) is 46.4. The maximum Gasteiger partial charge on any atom is 0.494 e. The number of alkyl carbamates (subject to hydrolysis) is 1. The van der Waals surface area contributed by atoms with Crippen LogP contribution in [0.3, 0.4) is 0 Å². The maximum absolute atomic E-state index is 13.5. The molecule has 4 aromatic carbocycles. The van der Waals surface area contributed by atoms with Crippen LogP contribution in [0.4, 0.5) is 52.6 Å². The van der Waals surface area contributed by atoms with Crippen LogP contribution in [0.25, 0.3) is 44.1 Å². The number of carboxylic acid groups (broad SMARTS) is 2. The Bertz CT molecular complexity index is 5480. The normalized spacial score (nSPS) is 17.6. The number of nitrogens with one attached hydrogen (secondary N) is 3. The van der Waals surface area contributed by atoms with E-state index in [1.54, 1.807) is 47.7 Å². The number of carbonyl (C=O) groups excluding carboxylic acids is 9. The molecule has 836 valence electrons. The molecule has 0 radical (unpaired) electrons. The number of nitrogens with zero attached hydrogens (tertiary/aromatic N) is 3. The SMILES string of the molecule is C.CC1(C)OB(c2ccc3cc(-c4cnc(C5CCCC5)[nH]4)ccc3c2)OC1(C)C.COC(=O)C[C@H](C(=O)O)[C@@H](C)OC(F)F.COC(=O)C[C@H](C(=O)OC)[C@@H](C)OC(F)F.COC(=O)N[C@H](C(=O)N1CCC[C@H]1c1ncc(-c2ccc3cc(B4OC(C)(C)C(C)(C)O4)ccc3c2)[nH]1)[C@@H](C)OC(F)F.COC(=O)[C@@H](CC(=O)OC(C)(C)C)[C@@H](C)O.COC(=O)[C@@H](CC(=O)OC(C)(C)C)[C@@H](C)OC(F)F.O=C(O)C(F)(F)S(=O)(=O)F. The lowest BCUT2D eigenvalue weighted by molar-refractivity contribution is -0.188. The minimum absolute atomic E-state index is 0. The largest absolute Gasteiger partial charge is 0.494 e. The lowest BCUT2D eigenvalue weighted by Gasteiger charge is -2.32. The number of likely N-dealkylation sites (tertiary alicyclic amines) is 1. The number of carbonyl (C=O) groups is 11. The molecule has 3 saturated heterocycles. The van der Waals surface area contributed by atoms with Crippen LogP contribution in [0.5, 0.6) is 0 Å². The van der Waals surface area contributed by atoms with E-state index in [1.807, 2.05) is 58.2 Å². The quantitative estimate of drug-likeness (QED) is 0.00707. The molecule has 2 aromatic heterocycles. The molecular weight excluding hydrogens is 2020 g/mol. The molecule has 11 atom stereocenters. The van der Waals surface area contributed by atoms with Gasteiger partial charge in [0.15, 0.2) is 0 Å². The fourth-order valence-electron chi connectivity index (χ4n) is 14.7. The van der Waals surface area contributed by atoms with Gasteiger partial charge in [-0.05, 0) is 202 Å². The summed E-state index contributed by atoms with van der Waals surface area (Å²) in [5.74, 6) is -12.0. The van der Waals surface area contributed by atoms with E-state index in [4.69, 9.17) is 38.3 Å². The van der Waals surface area contributed by atoms with E-state index in [1.165, 1.54) is 81.7 Å². The van der Waals surface area contributed by atoms with Crippen molar-refractivity contribution in [1.29, 1.82) is 0 Å². The maximum atomic E-state index is 13.5. The highest BCUT2D eigenvalue weighted by Gasteiger charge is 2.56. The number of aromatic nitrogens is 4. The number of esters is 7. The first kappa shape index (κ1) is 132. The van der Waals surface area contributed by atoms with E-state index in [2.05, 4.69) is 149 Å². The monoisotopic (exact) mass is 2160 g/mol. The fourth-order valence-corrected chi connectivity index (χ4v) is 14.9. The van der Waals surface area contributed by atoms with Gasteiger partial charge in [0.05, 0.1) is 175 Å². The smallest absolute Gasteiger partial charge is 0.481 e. The summed E-state index contributed by atoms with van der Waals surface area (Å²) in [5.41, 5.74) is 3.15. The Morgan fingerprint density at radius 2 is 0.812 bits per heavy atom. The third-order valence-corrected chi connectivity index (χ3v) is 24.9. The molecule has 52 heteroatoms. The summed E-state index contributed by atoms with van der Waals surface area (Å²) in [5, 5.41) is 26.9. The average molecular weight is 2160 g/mol. The van der Waals surface area contributed by atoms with Crippen LogP contribution in [0, 0.1) is 23.7 Å². The third-order valence-electron chi connectivity index (χ3n) is 24.2. The van der Waals surface area contributed by atoms with Gasteiger partial charge in [0.1, 0.15) is 28.9 Å². The minimum Gasteiger partial charge on any atom is -0.481 e. The van der Waals surface area contributed by atoms with Gasteiger partial charge < -0.3 is 111 Å². The Morgan fingerprint density at radius 1 is 0.477 bits per heavy atom. The number of aliphatic hydroxyl groups is 1. The molecule has 1 aliphatic carbocycles. The Hall–Kier alpha value is -11.3. The van der Waals surface area contributed by atoms with E-state index in [0.29, 0.717) is 31.1 Å². The van der Waals surface area contributed by atoms with E-state index in [9.17, 15) is 114 Å². The Labute approximate surface area is 858 Å². The number of halogens is 11. The number of alkyl halides is 10. The van der Waals surface area contributed by atoms with Gasteiger partial charge in [0, 0.05) is 23.6 Å². The summed E-state index contributed by atoms with van der Waals surface area (Å²) >= 11 is 0. The topological polar surface area (TPSA) is 503 Å². The molecule has 6 aromatic rings. The number of carboxylic acids is 2. The molecule has 0 bridgehead atoms. The van der Waals surface area contributed by atoms with Crippen molar-refractivity contribution in [3.63, 3.8) is 0 Å². The van der Waals surface area contributed by atoms with Crippen LogP contribution in [0.2, 0.25) is 0 Å². The Kier molecular flexibility index (Phi) is 51.2. The standard InChI is InChI=1S/C30H37BF2N4O6.C24H29BN2O2.C12H20F2O5.C11H20O5.C9H14F2O5.C8H12F2O5.C2HF3O4S.CH4/c1-17(41-27(32)33)24(36-28(39)40-6)26(38)37-13-7-8-23(37)25-34-16-22(35-25)20-10-9-19-15-21(12-11-18(19)14-20)31-42-29(2,3)30(4,5)43-31;1-23(2)24(3,4)29-25(28-23)20-12-11-17-13-19(10-9-18(17)14-20)21-15-26-22(27-21)16-7-5-6-8-16;1-7(18-11(13)14)8(10(16)17-5)6-9(15)19-12(2,3)4;1-7(12)8(10(14)15-5)6-9(13)16-11(2,3)4;1-5(16-9(10)11)6(8(13)15-3)4-7(12)14-2;1-4(15-8(9)10)5(7(12)13)3-6(11)14-2;3-2(4,1(6)7)10(5,8)9;/h9-12,14-17,23-24,27H,7-8,13H2,1-6H3,(H,34,35)(H,36,39);9-16H,5-8H2,1-4H3,(H,26,27);7-8,11H,6H2,1-5H3;7-8,12H,6H2,1-5H3;5-6,9H,4H2,1-3H3;4-5,8H,3H2,1-2H3,(H,12,13);(H,6,7);1H4/t17-,23+,24+;;2*7-,8+;5-,6+;4-,5+;;/m1.1111../s1. The number of fused-ring (bicyclic) bond motifs is 2. The Morgan fingerprint density at radius 3 is 1.15 bits per heavy atom. The van der Waals surface area contributed by atoms with Crippen molar-refractivity contribution in [1.82, 2.24) is 30.2 Å². The summed E-state index contributed by atoms with van der Waals surface area (Å²) in [7, 11) is -0.342. The Balaban J connectivity index is 0.000000472. The van der Waals surface area contributed by atoms with Crippen LogP contribution in [-0.4, -0.2) is 280 Å². The number of rotatable bonds is 35. The number of methoxy groups -OCH3 is 6. The zero-order chi connectivity index (χ0) is 113. The summed E-state index contributed by atoms with van der Waals surface area (Å²) in [6.07, 6.45) is 2.03. The van der Waals surface area contributed by atoms with Crippen molar-refractivity contribution in [3.8, 4) is 22.5 Å². The van der Waals surface area contributed by atoms with E-state index in [-0.39, 0.29) is 45.0 Å². The van der Waals surface area contributed by atoms with Crippen molar-refractivity contribution < 1.29 is 200 Å².